The highest BCUT2D eigenvalue weighted by Gasteiger charge is 2.28. The molecule has 2 saturated heterocycles. The summed E-state index contributed by atoms with van der Waals surface area (Å²) in [6, 6.07) is 12.2. The zero-order chi connectivity index (χ0) is 21.8. The first-order chi connectivity index (χ1) is 15.0. The van der Waals surface area contributed by atoms with Crippen LogP contribution in [0.4, 0.5) is 0 Å². The fraction of sp³-hybridized carbons (Fsp3) is 0.417. The number of likely N-dealkylation sites (tertiary alicyclic amines) is 1. The third kappa shape index (κ3) is 5.40. The molecule has 0 saturated carbocycles. The molecule has 2 aromatic carbocycles. The number of ether oxygens (including phenoxy) is 2. The summed E-state index contributed by atoms with van der Waals surface area (Å²) in [6.45, 7) is 2.44. The van der Waals surface area contributed by atoms with Crippen LogP contribution in [0.2, 0.25) is 10.0 Å². The van der Waals surface area contributed by atoms with Gasteiger partial charge in [0.2, 0.25) is 0 Å². The van der Waals surface area contributed by atoms with Gasteiger partial charge in [-0.15, -0.1) is 0 Å². The second-order valence-corrected chi connectivity index (χ2v) is 8.84. The molecule has 4 rings (SSSR count). The van der Waals surface area contributed by atoms with E-state index < -0.39 is 0 Å². The Hall–Kier alpha value is -2.08. The van der Waals surface area contributed by atoms with Gasteiger partial charge in [-0.05, 0) is 68.1 Å². The van der Waals surface area contributed by atoms with Crippen LogP contribution in [0.15, 0.2) is 42.5 Å². The number of hydrogen-bond donors (Lipinski definition) is 0. The van der Waals surface area contributed by atoms with Gasteiger partial charge in [0, 0.05) is 36.7 Å². The normalized spacial score (nSPS) is 19.4. The second-order valence-electron chi connectivity index (χ2n) is 8.03. The second kappa shape index (κ2) is 10.0. The maximum atomic E-state index is 12.9. The van der Waals surface area contributed by atoms with E-state index in [1.807, 2.05) is 12.1 Å². The maximum absolute atomic E-state index is 12.9. The lowest BCUT2D eigenvalue weighted by atomic mass is 9.88. The molecule has 31 heavy (non-hydrogen) atoms. The number of piperidine rings is 1. The number of rotatable bonds is 6. The van der Waals surface area contributed by atoms with Crippen LogP contribution in [-0.2, 0) is 4.74 Å². The van der Waals surface area contributed by atoms with E-state index in [9.17, 15) is 9.59 Å². The first kappa shape index (κ1) is 22.1. The van der Waals surface area contributed by atoms with Gasteiger partial charge in [0.05, 0.1) is 16.1 Å². The predicted molar refractivity (Wildman–Crippen MR) is 120 cm³/mol. The number of Topliss-reactive ketones (excluding diaryl/α,β-unsaturated/α-hetero) is 1. The number of nitrogens with zero attached hydrogens (tertiary/aromatic N) is 1. The minimum atomic E-state index is -0.116. The van der Waals surface area contributed by atoms with Crippen LogP contribution in [0.5, 0.6) is 5.75 Å². The van der Waals surface area contributed by atoms with Gasteiger partial charge < -0.3 is 14.4 Å². The van der Waals surface area contributed by atoms with E-state index in [4.69, 9.17) is 32.7 Å². The zero-order valence-corrected chi connectivity index (χ0v) is 18.7. The topological polar surface area (TPSA) is 55.8 Å². The van der Waals surface area contributed by atoms with Crippen molar-refractivity contribution in [2.24, 2.45) is 5.92 Å². The minimum absolute atomic E-state index is 0.0221. The molecule has 2 aromatic rings. The Morgan fingerprint density at radius 2 is 1.68 bits per heavy atom. The Balaban J connectivity index is 1.29. The summed E-state index contributed by atoms with van der Waals surface area (Å²) in [5, 5.41) is 0.810. The predicted octanol–water partition coefficient (Wildman–Crippen LogP) is 5.29. The number of carbonyl (C=O) groups excluding carboxylic acids is 2. The lowest BCUT2D eigenvalue weighted by Gasteiger charge is -2.31. The van der Waals surface area contributed by atoms with Crippen molar-refractivity contribution in [3.8, 4) is 5.75 Å². The molecular weight excluding hydrogens is 437 g/mol. The van der Waals surface area contributed by atoms with Crippen molar-refractivity contribution in [1.29, 1.82) is 0 Å². The molecule has 1 amide bonds. The van der Waals surface area contributed by atoms with E-state index in [-0.39, 0.29) is 23.7 Å². The Bertz CT molecular complexity index is 933. The Kier molecular flexibility index (Phi) is 7.16. The molecule has 2 aliphatic heterocycles. The Labute approximate surface area is 192 Å². The average molecular weight is 462 g/mol. The van der Waals surface area contributed by atoms with Crippen molar-refractivity contribution in [2.45, 2.75) is 31.8 Å². The summed E-state index contributed by atoms with van der Waals surface area (Å²) in [5.41, 5.74) is 1.19. The van der Waals surface area contributed by atoms with Crippen molar-refractivity contribution >= 4 is 34.9 Å². The van der Waals surface area contributed by atoms with Crippen LogP contribution >= 0.6 is 23.2 Å². The van der Waals surface area contributed by atoms with Gasteiger partial charge in [0.1, 0.15) is 12.4 Å². The zero-order valence-electron chi connectivity index (χ0n) is 17.2. The van der Waals surface area contributed by atoms with E-state index >= 15 is 0 Å². The van der Waals surface area contributed by atoms with Crippen LogP contribution < -0.4 is 4.74 Å². The quantitative estimate of drug-likeness (QED) is 0.548. The standard InChI is InChI=1S/C24H25Cl2NO4/c25-21-8-5-18(14-22(21)26)23(28)16-9-11-27(12-10-16)24(29)17-3-6-19(7-4-17)31-15-20-2-1-13-30-20/h3-8,14,16,20H,1-2,9-13,15H2. The third-order valence-electron chi connectivity index (χ3n) is 5.92. The highest BCUT2D eigenvalue weighted by atomic mass is 35.5. The van der Waals surface area contributed by atoms with E-state index in [2.05, 4.69) is 0 Å². The van der Waals surface area contributed by atoms with Crippen LogP contribution in [0.1, 0.15) is 46.4 Å². The number of ketones is 1. The van der Waals surface area contributed by atoms with E-state index in [1.54, 1.807) is 35.2 Å². The number of amides is 1. The van der Waals surface area contributed by atoms with Crippen molar-refractivity contribution in [2.75, 3.05) is 26.3 Å². The molecule has 0 N–H and O–H groups in total. The van der Waals surface area contributed by atoms with Crippen molar-refractivity contribution in [3.63, 3.8) is 0 Å². The molecule has 2 heterocycles. The molecule has 0 aromatic heterocycles. The Morgan fingerprint density at radius 3 is 2.32 bits per heavy atom. The minimum Gasteiger partial charge on any atom is -0.491 e. The molecule has 1 atom stereocenters. The van der Waals surface area contributed by atoms with Gasteiger partial charge in [0.15, 0.2) is 5.78 Å². The first-order valence-corrected chi connectivity index (χ1v) is 11.4. The Morgan fingerprint density at radius 1 is 0.968 bits per heavy atom. The summed E-state index contributed by atoms with van der Waals surface area (Å²) in [5.74, 6) is 0.650. The summed E-state index contributed by atoms with van der Waals surface area (Å²) in [6.07, 6.45) is 3.53. The van der Waals surface area contributed by atoms with E-state index in [0.717, 1.165) is 25.2 Å². The van der Waals surface area contributed by atoms with Gasteiger partial charge in [-0.25, -0.2) is 0 Å². The molecule has 164 valence electrons. The van der Waals surface area contributed by atoms with Crippen molar-refractivity contribution < 1.29 is 19.1 Å². The molecule has 1 unspecified atom stereocenters. The molecule has 2 fully saturated rings. The summed E-state index contributed by atoms with van der Waals surface area (Å²) in [7, 11) is 0. The van der Waals surface area contributed by atoms with Crippen LogP contribution in [0.25, 0.3) is 0 Å². The summed E-state index contributed by atoms with van der Waals surface area (Å²) < 4.78 is 11.3. The average Bonchev–Trinajstić information content (AvgIpc) is 3.33. The molecule has 0 radical (unpaired) electrons. The van der Waals surface area contributed by atoms with Crippen LogP contribution in [0, 0.1) is 5.92 Å². The smallest absolute Gasteiger partial charge is 0.253 e. The van der Waals surface area contributed by atoms with Crippen molar-refractivity contribution in [3.05, 3.63) is 63.6 Å². The fourth-order valence-corrected chi connectivity index (χ4v) is 4.37. The fourth-order valence-electron chi connectivity index (χ4n) is 4.07. The molecular formula is C24H25Cl2NO4. The first-order valence-electron chi connectivity index (χ1n) is 10.6. The molecule has 7 heteroatoms. The number of benzene rings is 2. The highest BCUT2D eigenvalue weighted by molar-refractivity contribution is 6.42. The summed E-state index contributed by atoms with van der Waals surface area (Å²) in [4.78, 5) is 27.4. The van der Waals surface area contributed by atoms with Crippen LogP contribution in [0.3, 0.4) is 0 Å². The molecule has 2 aliphatic rings. The largest absolute Gasteiger partial charge is 0.491 e. The number of carbonyl (C=O) groups is 2. The van der Waals surface area contributed by atoms with Crippen molar-refractivity contribution in [1.82, 2.24) is 4.90 Å². The van der Waals surface area contributed by atoms with E-state index in [0.29, 0.717) is 53.7 Å². The molecule has 5 nitrogen and oxygen atoms in total. The number of hydrogen-bond acceptors (Lipinski definition) is 4. The van der Waals surface area contributed by atoms with Crippen LogP contribution in [-0.4, -0.2) is 49.0 Å². The van der Waals surface area contributed by atoms with Gasteiger partial charge in [-0.2, -0.15) is 0 Å². The lowest BCUT2D eigenvalue weighted by molar-refractivity contribution is 0.0648. The molecule has 0 bridgehead atoms. The van der Waals surface area contributed by atoms with Gasteiger partial charge in [0.25, 0.3) is 5.91 Å². The number of halogens is 2. The monoisotopic (exact) mass is 461 g/mol. The molecule has 0 spiro atoms. The maximum Gasteiger partial charge on any atom is 0.253 e. The van der Waals surface area contributed by atoms with E-state index in [1.165, 1.54) is 0 Å². The SMILES string of the molecule is O=C(c1ccc(Cl)c(Cl)c1)C1CCN(C(=O)c2ccc(OCC3CCCO3)cc2)CC1. The van der Waals surface area contributed by atoms with Gasteiger partial charge in [-0.3, -0.25) is 9.59 Å². The summed E-state index contributed by atoms with van der Waals surface area (Å²) >= 11 is 12.0. The third-order valence-corrected chi connectivity index (χ3v) is 6.66. The highest BCUT2D eigenvalue weighted by Crippen LogP contribution is 2.27. The lowest BCUT2D eigenvalue weighted by Crippen LogP contribution is -2.40. The van der Waals surface area contributed by atoms with Gasteiger partial charge in [-0.1, -0.05) is 23.2 Å². The molecule has 0 aliphatic carbocycles. The van der Waals surface area contributed by atoms with Gasteiger partial charge >= 0.3 is 0 Å².